The van der Waals surface area contributed by atoms with Crippen molar-refractivity contribution in [2.24, 2.45) is 0 Å². The molecule has 10 heteroatoms. The van der Waals surface area contributed by atoms with Crippen LogP contribution in [-0.2, 0) is 26.2 Å². The monoisotopic (exact) mass is 619 g/mol. The van der Waals surface area contributed by atoms with E-state index in [1.54, 1.807) is 80.6 Å². The van der Waals surface area contributed by atoms with Gasteiger partial charge in [0.25, 0.3) is 10.0 Å². The summed E-state index contributed by atoms with van der Waals surface area (Å²) >= 11 is 6.43. The van der Waals surface area contributed by atoms with Gasteiger partial charge in [0.2, 0.25) is 11.8 Å². The fourth-order valence-corrected chi connectivity index (χ4v) is 6.21. The molecule has 0 fully saturated rings. The molecule has 1 N–H and O–H groups in total. The Hall–Kier alpha value is -4.34. The number of hydrogen-bond acceptors (Lipinski definition) is 5. The van der Waals surface area contributed by atoms with Gasteiger partial charge in [-0.2, -0.15) is 0 Å². The number of nitrogens with zero attached hydrogens (tertiary/aromatic N) is 2. The highest BCUT2D eigenvalue weighted by Gasteiger charge is 2.33. The first-order chi connectivity index (χ1) is 20.7. The number of para-hydroxylation sites is 1. The minimum absolute atomic E-state index is 0.0250. The van der Waals surface area contributed by atoms with Crippen LogP contribution in [-0.4, -0.2) is 44.3 Å². The minimum Gasteiger partial charge on any atom is -0.457 e. The molecular weight excluding hydrogens is 586 g/mol. The predicted molar refractivity (Wildman–Crippen MR) is 169 cm³/mol. The Morgan fingerprint density at radius 2 is 1.40 bits per heavy atom. The number of carbonyl (C=O) groups excluding carboxylic acids is 2. The molecule has 0 aromatic heterocycles. The second kappa shape index (κ2) is 14.7. The van der Waals surface area contributed by atoms with E-state index < -0.39 is 28.5 Å². The van der Waals surface area contributed by atoms with Crippen LogP contribution in [0.1, 0.15) is 25.8 Å². The molecule has 0 aliphatic heterocycles. The molecule has 1 atom stereocenters. The molecule has 2 amide bonds. The van der Waals surface area contributed by atoms with Gasteiger partial charge in [-0.25, -0.2) is 8.42 Å². The number of anilines is 1. The third-order valence-electron chi connectivity index (χ3n) is 6.75. The van der Waals surface area contributed by atoms with Gasteiger partial charge in [0.1, 0.15) is 24.1 Å². The molecular formula is C33H34ClN3O5S. The van der Waals surface area contributed by atoms with Crippen molar-refractivity contribution in [1.82, 2.24) is 10.2 Å². The fourth-order valence-electron chi connectivity index (χ4n) is 4.58. The maximum atomic E-state index is 14.1. The standard InChI is InChI=1S/C33H34ClN3O5S/c1-3-31(33(39)35-4-2)36(23-25-13-11-12-18-30(25)34)32(38)24-37(43(40,41)29-16-9-6-10-17-29)26-19-21-28(22-20-26)42-27-14-7-5-8-15-27/h5-22,31H,3-4,23-24H2,1-2H3,(H,35,39). The van der Waals surface area contributed by atoms with Crippen molar-refractivity contribution in [3.8, 4) is 11.5 Å². The third kappa shape index (κ3) is 7.94. The Morgan fingerprint density at radius 3 is 2.00 bits per heavy atom. The van der Waals surface area contributed by atoms with Gasteiger partial charge < -0.3 is 15.0 Å². The first-order valence-corrected chi connectivity index (χ1v) is 15.8. The van der Waals surface area contributed by atoms with Crippen LogP contribution < -0.4 is 14.4 Å². The van der Waals surface area contributed by atoms with Crippen LogP contribution >= 0.6 is 11.6 Å². The molecule has 8 nitrogen and oxygen atoms in total. The molecule has 0 aliphatic carbocycles. The lowest BCUT2D eigenvalue weighted by Gasteiger charge is -2.33. The van der Waals surface area contributed by atoms with E-state index in [2.05, 4.69) is 5.32 Å². The van der Waals surface area contributed by atoms with E-state index in [4.69, 9.17) is 16.3 Å². The third-order valence-corrected chi connectivity index (χ3v) is 8.91. The molecule has 4 aromatic rings. The van der Waals surface area contributed by atoms with Crippen molar-refractivity contribution in [2.45, 2.75) is 37.8 Å². The van der Waals surface area contributed by atoms with Crippen LogP contribution in [0, 0.1) is 0 Å². The van der Waals surface area contributed by atoms with Crippen molar-refractivity contribution in [2.75, 3.05) is 17.4 Å². The Bertz CT molecular complexity index is 1620. The quantitative estimate of drug-likeness (QED) is 0.190. The maximum Gasteiger partial charge on any atom is 0.264 e. The molecule has 0 saturated carbocycles. The summed E-state index contributed by atoms with van der Waals surface area (Å²) in [4.78, 5) is 28.6. The number of carbonyl (C=O) groups is 2. The number of halogens is 1. The average Bonchev–Trinajstić information content (AvgIpc) is 3.02. The van der Waals surface area contributed by atoms with Crippen molar-refractivity contribution >= 4 is 39.1 Å². The van der Waals surface area contributed by atoms with E-state index in [0.717, 1.165) is 4.31 Å². The maximum absolute atomic E-state index is 14.1. The second-order valence-electron chi connectivity index (χ2n) is 9.67. The first kappa shape index (κ1) is 31.6. The number of amides is 2. The predicted octanol–water partition coefficient (Wildman–Crippen LogP) is 6.27. The van der Waals surface area contributed by atoms with E-state index >= 15 is 0 Å². The number of nitrogens with one attached hydrogen (secondary N) is 1. The summed E-state index contributed by atoms with van der Waals surface area (Å²) in [7, 11) is -4.18. The molecule has 224 valence electrons. The van der Waals surface area contributed by atoms with E-state index in [1.807, 2.05) is 30.3 Å². The molecule has 0 radical (unpaired) electrons. The highest BCUT2D eigenvalue weighted by Crippen LogP contribution is 2.29. The van der Waals surface area contributed by atoms with Gasteiger partial charge in [-0.3, -0.25) is 13.9 Å². The summed E-state index contributed by atoms with van der Waals surface area (Å²) in [6.07, 6.45) is 0.318. The molecule has 4 rings (SSSR count). The van der Waals surface area contributed by atoms with Gasteiger partial charge in [-0.1, -0.05) is 73.1 Å². The molecule has 43 heavy (non-hydrogen) atoms. The van der Waals surface area contributed by atoms with Crippen molar-refractivity contribution in [1.29, 1.82) is 0 Å². The summed E-state index contributed by atoms with van der Waals surface area (Å²) in [5, 5.41) is 3.23. The first-order valence-electron chi connectivity index (χ1n) is 14.0. The summed E-state index contributed by atoms with van der Waals surface area (Å²) in [5.41, 5.74) is 0.904. The zero-order valence-corrected chi connectivity index (χ0v) is 25.6. The molecule has 0 saturated heterocycles. The largest absolute Gasteiger partial charge is 0.457 e. The Balaban J connectivity index is 1.72. The zero-order chi connectivity index (χ0) is 30.8. The summed E-state index contributed by atoms with van der Waals surface area (Å²) < 4.78 is 34.9. The Morgan fingerprint density at radius 1 is 0.814 bits per heavy atom. The number of hydrogen-bond donors (Lipinski definition) is 1. The number of rotatable bonds is 13. The molecule has 0 bridgehead atoms. The normalized spacial score (nSPS) is 11.8. The van der Waals surface area contributed by atoms with Gasteiger partial charge in [0.05, 0.1) is 10.6 Å². The van der Waals surface area contributed by atoms with E-state index in [9.17, 15) is 18.0 Å². The highest BCUT2D eigenvalue weighted by atomic mass is 35.5. The van der Waals surface area contributed by atoms with Crippen LogP contribution in [0.2, 0.25) is 5.02 Å². The van der Waals surface area contributed by atoms with Gasteiger partial charge in [0.15, 0.2) is 0 Å². The SMILES string of the molecule is CCNC(=O)C(CC)N(Cc1ccccc1Cl)C(=O)CN(c1ccc(Oc2ccccc2)cc1)S(=O)(=O)c1ccccc1. The van der Waals surface area contributed by atoms with Gasteiger partial charge in [0, 0.05) is 18.1 Å². The molecule has 0 spiro atoms. The smallest absolute Gasteiger partial charge is 0.264 e. The van der Waals surface area contributed by atoms with Gasteiger partial charge in [-0.05, 0) is 73.5 Å². The number of likely N-dealkylation sites (N-methyl/N-ethyl adjacent to an activating group) is 1. The fraction of sp³-hybridized carbons (Fsp3) is 0.212. The van der Waals surface area contributed by atoms with Crippen molar-refractivity contribution in [3.05, 3.63) is 120 Å². The van der Waals surface area contributed by atoms with E-state index in [-0.39, 0.29) is 23.0 Å². The molecule has 0 aliphatic rings. The molecule has 1 unspecified atom stereocenters. The topological polar surface area (TPSA) is 96.0 Å². The summed E-state index contributed by atoms with van der Waals surface area (Å²) in [6, 6.07) is 29.8. The van der Waals surface area contributed by atoms with Crippen LogP contribution in [0.3, 0.4) is 0 Å². The Kier molecular flexibility index (Phi) is 10.8. The van der Waals surface area contributed by atoms with Gasteiger partial charge in [-0.15, -0.1) is 0 Å². The lowest BCUT2D eigenvalue weighted by molar-refractivity contribution is -0.140. The van der Waals surface area contributed by atoms with E-state index in [1.165, 1.54) is 17.0 Å². The van der Waals surface area contributed by atoms with Crippen LogP contribution in [0.4, 0.5) is 5.69 Å². The zero-order valence-electron chi connectivity index (χ0n) is 24.0. The highest BCUT2D eigenvalue weighted by molar-refractivity contribution is 7.92. The van der Waals surface area contributed by atoms with Crippen molar-refractivity contribution < 1.29 is 22.7 Å². The van der Waals surface area contributed by atoms with Crippen LogP contribution in [0.25, 0.3) is 0 Å². The average molecular weight is 620 g/mol. The molecule has 0 heterocycles. The van der Waals surface area contributed by atoms with E-state index in [0.29, 0.717) is 35.1 Å². The minimum atomic E-state index is -4.18. The van der Waals surface area contributed by atoms with Gasteiger partial charge >= 0.3 is 0 Å². The molecule has 4 aromatic carbocycles. The van der Waals surface area contributed by atoms with Crippen LogP contribution in [0.15, 0.2) is 114 Å². The number of ether oxygens (including phenoxy) is 1. The lowest BCUT2D eigenvalue weighted by atomic mass is 10.1. The summed E-state index contributed by atoms with van der Waals surface area (Å²) in [5.74, 6) is 0.249. The van der Waals surface area contributed by atoms with Crippen LogP contribution in [0.5, 0.6) is 11.5 Å². The van der Waals surface area contributed by atoms with Crippen molar-refractivity contribution in [3.63, 3.8) is 0 Å². The number of sulfonamides is 1. The lowest BCUT2D eigenvalue weighted by Crippen LogP contribution is -2.52. The Labute approximate surface area is 257 Å². The summed E-state index contributed by atoms with van der Waals surface area (Å²) in [6.45, 7) is 3.46. The number of benzene rings is 4. The second-order valence-corrected chi connectivity index (χ2v) is 11.9.